The highest BCUT2D eigenvalue weighted by molar-refractivity contribution is 14.0. The lowest BCUT2D eigenvalue weighted by Crippen LogP contribution is -2.38. The number of imide groups is 1. The van der Waals surface area contributed by atoms with Crippen molar-refractivity contribution >= 4 is 41.8 Å². The summed E-state index contributed by atoms with van der Waals surface area (Å²) in [6.45, 7) is 9.28. The smallest absolute Gasteiger partial charge is 0.261 e. The summed E-state index contributed by atoms with van der Waals surface area (Å²) in [5.41, 5.74) is 1.03. The van der Waals surface area contributed by atoms with Crippen molar-refractivity contribution in [1.82, 2.24) is 15.5 Å². The van der Waals surface area contributed by atoms with E-state index in [1.165, 1.54) is 4.90 Å². The van der Waals surface area contributed by atoms with E-state index in [0.717, 1.165) is 38.3 Å². The van der Waals surface area contributed by atoms with E-state index < -0.39 is 0 Å². The zero-order valence-corrected chi connectivity index (χ0v) is 18.8. The maximum Gasteiger partial charge on any atom is 0.261 e. The van der Waals surface area contributed by atoms with Crippen LogP contribution < -0.4 is 10.6 Å². The van der Waals surface area contributed by atoms with E-state index in [-0.39, 0.29) is 35.8 Å². The zero-order chi connectivity index (χ0) is 18.9. The van der Waals surface area contributed by atoms with Gasteiger partial charge in [-0.1, -0.05) is 26.0 Å². The van der Waals surface area contributed by atoms with E-state index in [1.807, 2.05) is 6.92 Å². The Morgan fingerprint density at radius 1 is 1.07 bits per heavy atom. The predicted octanol–water partition coefficient (Wildman–Crippen LogP) is 3.28. The molecule has 1 aliphatic rings. The normalized spacial score (nSPS) is 13.6. The molecule has 0 spiro atoms. The second-order valence-electron chi connectivity index (χ2n) is 6.88. The molecule has 1 aromatic rings. The lowest BCUT2D eigenvalue weighted by molar-refractivity contribution is 0.0652. The van der Waals surface area contributed by atoms with Gasteiger partial charge in [0, 0.05) is 26.2 Å². The fourth-order valence-corrected chi connectivity index (χ4v) is 2.84. The molecule has 0 bridgehead atoms. The number of carbonyl (C=O) groups excluding carboxylic acids is 2. The minimum absolute atomic E-state index is 0. The highest BCUT2D eigenvalue weighted by Crippen LogP contribution is 2.22. The van der Waals surface area contributed by atoms with Crippen LogP contribution in [0.4, 0.5) is 0 Å². The number of carbonyl (C=O) groups is 2. The summed E-state index contributed by atoms with van der Waals surface area (Å²) in [6, 6.07) is 7.00. The molecule has 0 radical (unpaired) electrons. The highest BCUT2D eigenvalue weighted by atomic mass is 127. The van der Waals surface area contributed by atoms with Crippen molar-refractivity contribution in [3.05, 3.63) is 35.4 Å². The number of rotatable bonds is 9. The van der Waals surface area contributed by atoms with E-state index in [4.69, 9.17) is 0 Å². The number of hydrogen-bond donors (Lipinski definition) is 2. The van der Waals surface area contributed by atoms with Gasteiger partial charge < -0.3 is 10.6 Å². The van der Waals surface area contributed by atoms with Crippen LogP contribution in [0.2, 0.25) is 0 Å². The number of amides is 2. The summed E-state index contributed by atoms with van der Waals surface area (Å²) in [4.78, 5) is 30.5. The van der Waals surface area contributed by atoms with E-state index in [9.17, 15) is 9.59 Å². The van der Waals surface area contributed by atoms with Crippen molar-refractivity contribution in [3.63, 3.8) is 0 Å². The molecule has 0 aromatic heterocycles. The molecular weight excluding hydrogens is 455 g/mol. The number of fused-ring (bicyclic) bond motifs is 1. The van der Waals surface area contributed by atoms with Crippen molar-refractivity contribution in [2.75, 3.05) is 26.2 Å². The number of halogens is 1. The maximum absolute atomic E-state index is 12.3. The van der Waals surface area contributed by atoms with Gasteiger partial charge in [-0.05, 0) is 44.2 Å². The molecule has 0 saturated carbocycles. The summed E-state index contributed by atoms with van der Waals surface area (Å²) in [7, 11) is 0. The second-order valence-corrected chi connectivity index (χ2v) is 6.88. The van der Waals surface area contributed by atoms with Gasteiger partial charge in [0.2, 0.25) is 0 Å². The van der Waals surface area contributed by atoms with E-state index in [1.54, 1.807) is 24.3 Å². The molecule has 1 heterocycles. The van der Waals surface area contributed by atoms with Gasteiger partial charge in [-0.15, -0.1) is 24.0 Å². The monoisotopic (exact) mass is 486 g/mol. The topological polar surface area (TPSA) is 73.8 Å². The van der Waals surface area contributed by atoms with Crippen molar-refractivity contribution in [1.29, 1.82) is 0 Å². The Labute approximate surface area is 179 Å². The molecule has 1 aliphatic heterocycles. The Morgan fingerprint density at radius 2 is 1.70 bits per heavy atom. The lowest BCUT2D eigenvalue weighted by Gasteiger charge is -2.14. The summed E-state index contributed by atoms with van der Waals surface area (Å²) in [5.74, 6) is 1.12. The summed E-state index contributed by atoms with van der Waals surface area (Å²) >= 11 is 0. The van der Waals surface area contributed by atoms with Crippen molar-refractivity contribution in [2.45, 2.75) is 40.0 Å². The first-order chi connectivity index (χ1) is 12.5. The Hall–Kier alpha value is -1.64. The van der Waals surface area contributed by atoms with Crippen LogP contribution in [0, 0.1) is 5.92 Å². The third-order valence-electron chi connectivity index (χ3n) is 4.30. The Kier molecular flexibility index (Phi) is 10.4. The van der Waals surface area contributed by atoms with E-state index in [0.29, 0.717) is 30.1 Å². The molecule has 1 aromatic carbocycles. The first-order valence-corrected chi connectivity index (χ1v) is 9.52. The summed E-state index contributed by atoms with van der Waals surface area (Å²) < 4.78 is 0. The molecule has 2 N–H and O–H groups in total. The summed E-state index contributed by atoms with van der Waals surface area (Å²) in [5, 5.41) is 6.56. The molecule has 150 valence electrons. The number of nitrogens with zero attached hydrogens (tertiary/aromatic N) is 2. The van der Waals surface area contributed by atoms with Crippen LogP contribution in [-0.2, 0) is 0 Å². The Balaban J connectivity index is 0.00000364. The van der Waals surface area contributed by atoms with Gasteiger partial charge in [-0.25, -0.2) is 0 Å². The van der Waals surface area contributed by atoms with Crippen LogP contribution in [0.3, 0.4) is 0 Å². The van der Waals surface area contributed by atoms with E-state index >= 15 is 0 Å². The molecule has 6 nitrogen and oxygen atoms in total. The van der Waals surface area contributed by atoms with Crippen LogP contribution in [0.25, 0.3) is 0 Å². The van der Waals surface area contributed by atoms with Crippen LogP contribution >= 0.6 is 24.0 Å². The third kappa shape index (κ3) is 6.79. The zero-order valence-electron chi connectivity index (χ0n) is 16.5. The second kappa shape index (κ2) is 11.9. The van der Waals surface area contributed by atoms with E-state index in [2.05, 4.69) is 29.5 Å². The molecule has 0 atom stereocenters. The third-order valence-corrected chi connectivity index (χ3v) is 4.30. The van der Waals surface area contributed by atoms with Gasteiger partial charge in [0.1, 0.15) is 0 Å². The summed E-state index contributed by atoms with van der Waals surface area (Å²) in [6.07, 6.45) is 2.68. The first-order valence-electron chi connectivity index (χ1n) is 9.52. The Morgan fingerprint density at radius 3 is 2.26 bits per heavy atom. The number of unbranched alkanes of at least 4 members (excludes halogenated alkanes) is 1. The molecule has 7 heteroatoms. The quantitative estimate of drug-likeness (QED) is 0.185. The molecule has 0 saturated heterocycles. The largest absolute Gasteiger partial charge is 0.357 e. The molecule has 0 aliphatic carbocycles. The molecule has 2 amide bonds. The molecule has 0 unspecified atom stereocenters. The average molecular weight is 486 g/mol. The van der Waals surface area contributed by atoms with Crippen molar-refractivity contribution in [3.8, 4) is 0 Å². The minimum atomic E-state index is -0.183. The van der Waals surface area contributed by atoms with Gasteiger partial charge in [0.25, 0.3) is 11.8 Å². The predicted molar refractivity (Wildman–Crippen MR) is 120 cm³/mol. The van der Waals surface area contributed by atoms with Crippen molar-refractivity contribution in [2.24, 2.45) is 10.9 Å². The number of guanidine groups is 1. The van der Waals surface area contributed by atoms with Crippen molar-refractivity contribution < 1.29 is 9.59 Å². The fraction of sp³-hybridized carbons (Fsp3) is 0.550. The minimum Gasteiger partial charge on any atom is -0.357 e. The van der Waals surface area contributed by atoms with Gasteiger partial charge in [0.05, 0.1) is 11.1 Å². The molecule has 0 fully saturated rings. The van der Waals surface area contributed by atoms with Crippen LogP contribution in [-0.4, -0.2) is 48.9 Å². The number of nitrogens with one attached hydrogen (secondary N) is 2. The number of aliphatic imine (C=N–C) groups is 1. The molecule has 27 heavy (non-hydrogen) atoms. The Bertz CT molecular complexity index is 626. The molecular formula is C20H31IN4O2. The van der Waals surface area contributed by atoms with Gasteiger partial charge in [-0.3, -0.25) is 19.5 Å². The maximum atomic E-state index is 12.3. The first kappa shape index (κ1) is 23.4. The fourth-order valence-electron chi connectivity index (χ4n) is 2.84. The standard InChI is InChI=1S/C20H30N4O2.HI/c1-4-21-20(23-13-11-15(2)3)22-12-7-8-14-24-18(25)16-9-5-6-10-17(16)19(24)26;/h5-6,9-10,15H,4,7-8,11-14H2,1-3H3,(H2,21,22,23);1H. The lowest BCUT2D eigenvalue weighted by atomic mass is 10.1. The van der Waals surface area contributed by atoms with Crippen LogP contribution in [0.15, 0.2) is 29.3 Å². The highest BCUT2D eigenvalue weighted by Gasteiger charge is 2.34. The molecule has 2 rings (SSSR count). The van der Waals surface area contributed by atoms with Gasteiger partial charge >= 0.3 is 0 Å². The number of hydrogen-bond acceptors (Lipinski definition) is 3. The van der Waals surface area contributed by atoms with Gasteiger partial charge in [0.15, 0.2) is 5.96 Å². The SMILES string of the molecule is CCNC(=NCCCCN1C(=O)c2ccccc2C1=O)NCCC(C)C.I. The van der Waals surface area contributed by atoms with Crippen LogP contribution in [0.5, 0.6) is 0 Å². The average Bonchev–Trinajstić information content (AvgIpc) is 2.86. The number of benzene rings is 1. The van der Waals surface area contributed by atoms with Gasteiger partial charge in [-0.2, -0.15) is 0 Å². The van der Waals surface area contributed by atoms with Crippen LogP contribution in [0.1, 0.15) is 60.7 Å².